The maximum Gasteiger partial charge on any atom is 0.306 e. The molecule has 0 rings (SSSR count). The fourth-order valence-electron chi connectivity index (χ4n) is 8.25. The molecule has 2 atom stereocenters. The molecule has 0 bridgehead atoms. The third-order valence-electron chi connectivity index (χ3n) is 13.1. The molecule has 0 aromatic carbocycles. The lowest BCUT2D eigenvalue weighted by Gasteiger charge is -2.26. The number of allylic oxidation sites excluding steroid dienone is 24. The van der Waals surface area contributed by atoms with Crippen LogP contribution in [0.2, 0.25) is 0 Å². The van der Waals surface area contributed by atoms with Crippen molar-refractivity contribution in [1.29, 1.82) is 0 Å². The van der Waals surface area contributed by atoms with Crippen molar-refractivity contribution in [3.8, 4) is 0 Å². The zero-order valence-corrected chi connectivity index (χ0v) is 52.1. The summed E-state index contributed by atoms with van der Waals surface area (Å²) >= 11 is 0. The summed E-state index contributed by atoms with van der Waals surface area (Å²) < 4.78 is 22.7. The van der Waals surface area contributed by atoms with E-state index in [2.05, 4.69) is 160 Å². The van der Waals surface area contributed by atoms with E-state index in [1.165, 1.54) is 70.6 Å². The number of carbonyl (C=O) groups excluding carboxylic acids is 3. The van der Waals surface area contributed by atoms with Gasteiger partial charge in [-0.3, -0.25) is 9.59 Å². The Bertz CT molecular complexity index is 1840. The van der Waals surface area contributed by atoms with Gasteiger partial charge >= 0.3 is 11.9 Å². The SMILES string of the molecule is CC/C=C\C/C=C\C/C=C\C/C=C\C/C=C\C/C=C\C/C=C\CCCCCCCC(=O)OC(COC(=O)CCCCCCCCCCCCCCC/C=C\C/C=C\C/C=C\C/C=C\C/C=C\CC)COC(OCC[N+](C)(C)C)C(=O)[O-]. The van der Waals surface area contributed by atoms with Gasteiger partial charge in [0, 0.05) is 12.8 Å². The van der Waals surface area contributed by atoms with Crippen LogP contribution in [0.3, 0.4) is 0 Å². The van der Waals surface area contributed by atoms with Crippen LogP contribution in [0, 0.1) is 0 Å². The average Bonchev–Trinajstić information content (AvgIpc) is 3.44. The molecule has 0 saturated carbocycles. The molecule has 0 aliphatic heterocycles. The highest BCUT2D eigenvalue weighted by atomic mass is 16.7. The van der Waals surface area contributed by atoms with Gasteiger partial charge < -0.3 is 33.3 Å². The van der Waals surface area contributed by atoms with Gasteiger partial charge in [0.25, 0.3) is 0 Å². The minimum absolute atomic E-state index is 0.135. The lowest BCUT2D eigenvalue weighted by Crippen LogP contribution is -2.44. The predicted molar refractivity (Wildman–Crippen MR) is 342 cm³/mol. The smallest absolute Gasteiger partial charge is 0.306 e. The number of carbonyl (C=O) groups is 3. The Hall–Kier alpha value is -4.83. The van der Waals surface area contributed by atoms with Crippen LogP contribution in [0.15, 0.2) is 146 Å². The summed E-state index contributed by atoms with van der Waals surface area (Å²) in [6.45, 7) is 4.48. The Morgan fingerprint density at radius 2 is 0.667 bits per heavy atom. The summed E-state index contributed by atoms with van der Waals surface area (Å²) in [7, 11) is 5.91. The van der Waals surface area contributed by atoms with Gasteiger partial charge in [0.1, 0.15) is 13.2 Å². The Kier molecular flexibility index (Phi) is 57.6. The topological polar surface area (TPSA) is 111 Å². The molecule has 0 radical (unpaired) electrons. The highest BCUT2D eigenvalue weighted by Gasteiger charge is 2.22. The van der Waals surface area contributed by atoms with Crippen LogP contribution in [0.5, 0.6) is 0 Å². The number of nitrogens with zero attached hydrogens (tertiary/aromatic N) is 1. The van der Waals surface area contributed by atoms with Gasteiger partial charge in [0.15, 0.2) is 12.4 Å². The quantitative estimate of drug-likeness (QED) is 0.0195. The molecule has 0 aromatic rings. The lowest BCUT2D eigenvalue weighted by molar-refractivity contribution is -0.870. The van der Waals surface area contributed by atoms with Crippen LogP contribution in [-0.4, -0.2) is 82.3 Å². The first-order valence-electron chi connectivity index (χ1n) is 32.0. The second-order valence-electron chi connectivity index (χ2n) is 21.9. The first kappa shape index (κ1) is 76.2. The van der Waals surface area contributed by atoms with E-state index >= 15 is 0 Å². The minimum Gasteiger partial charge on any atom is -0.545 e. The molecule has 0 aliphatic rings. The monoisotopic (exact) mass is 1120 g/mol. The normalized spacial score (nSPS) is 13.7. The standard InChI is InChI=1S/C72H117NO8/c1-6-8-10-12-14-16-18-20-22-24-26-28-30-32-34-35-37-38-40-42-44-46-48-50-52-54-56-58-60-62-69(74)79-66-68(67-80-72(71(76)77)78-65-64-73(3,4)5)81-70(75)63-61-59-57-55-53-51-49-47-45-43-41-39-36-33-31-29-27-25-23-21-19-17-15-13-11-9-7-2/h8-11,14-17,20-23,26-29,32-34,36,41,43,47,49,68,72H,6-7,12-13,18-19,24-25,30-31,35,37-40,42,44-46,48,50-67H2,1-5H3/b10-8-,11-9-,16-14-,17-15-,22-20-,23-21-,28-26-,29-27-,34-32-,36-33-,43-41-,49-47-. The third kappa shape index (κ3) is 62.6. The van der Waals surface area contributed by atoms with Crippen LogP contribution in [-0.2, 0) is 33.3 Å². The van der Waals surface area contributed by atoms with Gasteiger partial charge in [0.2, 0.25) is 0 Å². The molecule has 9 nitrogen and oxygen atoms in total. The molecule has 9 heteroatoms. The number of carboxylic acids is 1. The number of hydrogen-bond donors (Lipinski definition) is 0. The van der Waals surface area contributed by atoms with Gasteiger partial charge in [-0.15, -0.1) is 0 Å². The van der Waals surface area contributed by atoms with Crippen molar-refractivity contribution < 1.29 is 42.9 Å². The van der Waals surface area contributed by atoms with Gasteiger partial charge in [-0.25, -0.2) is 0 Å². The van der Waals surface area contributed by atoms with Crippen molar-refractivity contribution in [2.75, 3.05) is 47.5 Å². The summed E-state index contributed by atoms with van der Waals surface area (Å²) in [4.78, 5) is 37.4. The molecule has 0 N–H and O–H groups in total. The Balaban J connectivity index is 4.26. The highest BCUT2D eigenvalue weighted by molar-refractivity contribution is 5.70. The van der Waals surface area contributed by atoms with E-state index in [1.807, 2.05) is 21.1 Å². The van der Waals surface area contributed by atoms with E-state index < -0.39 is 24.3 Å². The zero-order valence-electron chi connectivity index (χ0n) is 52.1. The zero-order chi connectivity index (χ0) is 59.1. The van der Waals surface area contributed by atoms with Crippen molar-refractivity contribution in [1.82, 2.24) is 0 Å². The average molecular weight is 1120 g/mol. The molecule has 81 heavy (non-hydrogen) atoms. The molecular weight excluding hydrogens is 1010 g/mol. The summed E-state index contributed by atoms with van der Waals surface area (Å²) in [6.07, 6.45) is 86.1. The fourth-order valence-corrected chi connectivity index (χ4v) is 8.25. The summed E-state index contributed by atoms with van der Waals surface area (Å²) in [5.74, 6) is -2.32. The maximum atomic E-state index is 12.9. The van der Waals surface area contributed by atoms with Gasteiger partial charge in [-0.1, -0.05) is 250 Å². The van der Waals surface area contributed by atoms with E-state index in [9.17, 15) is 19.5 Å². The summed E-state index contributed by atoms with van der Waals surface area (Å²) in [6, 6.07) is 0. The number of quaternary nitrogens is 1. The van der Waals surface area contributed by atoms with Crippen molar-refractivity contribution in [3.63, 3.8) is 0 Å². The number of esters is 2. The number of unbranched alkanes of at least 4 members (excludes halogenated alkanes) is 18. The Morgan fingerprint density at radius 1 is 0.370 bits per heavy atom. The van der Waals surface area contributed by atoms with Crippen molar-refractivity contribution in [2.24, 2.45) is 0 Å². The summed E-state index contributed by atoms with van der Waals surface area (Å²) in [5, 5.41) is 11.8. The minimum atomic E-state index is -1.64. The van der Waals surface area contributed by atoms with Crippen molar-refractivity contribution >= 4 is 17.9 Å². The van der Waals surface area contributed by atoms with E-state index in [1.54, 1.807) is 0 Å². The fraction of sp³-hybridized carbons (Fsp3) is 0.625. The lowest BCUT2D eigenvalue weighted by atomic mass is 10.0. The number of likely N-dealkylation sites (N-methyl/N-ethyl adjacent to an activating group) is 1. The largest absolute Gasteiger partial charge is 0.545 e. The third-order valence-corrected chi connectivity index (χ3v) is 13.1. The van der Waals surface area contributed by atoms with E-state index in [0.717, 1.165) is 128 Å². The number of aliphatic carboxylic acids is 1. The molecule has 2 unspecified atom stereocenters. The van der Waals surface area contributed by atoms with Gasteiger partial charge in [0.05, 0.1) is 40.3 Å². The molecule has 0 spiro atoms. The molecule has 0 fully saturated rings. The van der Waals surface area contributed by atoms with Gasteiger partial charge in [-0.2, -0.15) is 0 Å². The molecule has 0 saturated heterocycles. The van der Waals surface area contributed by atoms with Crippen LogP contribution < -0.4 is 5.11 Å². The molecule has 0 amide bonds. The first-order chi connectivity index (χ1) is 39.6. The Labute approximate surface area is 496 Å². The number of rotatable bonds is 57. The highest BCUT2D eigenvalue weighted by Crippen LogP contribution is 2.15. The Morgan fingerprint density at radius 3 is 0.988 bits per heavy atom. The molecule has 0 heterocycles. The van der Waals surface area contributed by atoms with Crippen LogP contribution in [0.4, 0.5) is 0 Å². The second-order valence-corrected chi connectivity index (χ2v) is 21.9. The molecule has 458 valence electrons. The van der Waals surface area contributed by atoms with Crippen LogP contribution in [0.1, 0.15) is 232 Å². The molecular formula is C72H117NO8. The van der Waals surface area contributed by atoms with Crippen molar-refractivity contribution in [3.05, 3.63) is 146 Å². The molecule has 0 aromatic heterocycles. The number of carboxylic acid groups (broad SMARTS) is 1. The van der Waals surface area contributed by atoms with E-state index in [-0.39, 0.29) is 38.6 Å². The van der Waals surface area contributed by atoms with Crippen molar-refractivity contribution in [2.45, 2.75) is 245 Å². The van der Waals surface area contributed by atoms with E-state index in [4.69, 9.17) is 18.9 Å². The maximum absolute atomic E-state index is 12.9. The molecule has 0 aliphatic carbocycles. The second kappa shape index (κ2) is 61.2. The first-order valence-corrected chi connectivity index (χ1v) is 32.0. The van der Waals surface area contributed by atoms with Crippen LogP contribution in [0.25, 0.3) is 0 Å². The number of ether oxygens (including phenoxy) is 4. The van der Waals surface area contributed by atoms with E-state index in [0.29, 0.717) is 17.4 Å². The van der Waals surface area contributed by atoms with Gasteiger partial charge in [-0.05, 0) is 116 Å². The summed E-state index contributed by atoms with van der Waals surface area (Å²) in [5.41, 5.74) is 0. The number of hydrogen-bond acceptors (Lipinski definition) is 8. The van der Waals surface area contributed by atoms with Crippen LogP contribution >= 0.6 is 0 Å². The predicted octanol–water partition coefficient (Wildman–Crippen LogP) is 18.2.